The average molecular weight is 298 g/mol. The summed E-state index contributed by atoms with van der Waals surface area (Å²) < 4.78 is 0.843. The van der Waals surface area contributed by atoms with Gasteiger partial charge in [-0.1, -0.05) is 18.2 Å². The smallest absolute Gasteiger partial charge is 0.354 e. The van der Waals surface area contributed by atoms with Crippen LogP contribution in [-0.4, -0.2) is 21.0 Å². The summed E-state index contributed by atoms with van der Waals surface area (Å²) in [5, 5.41) is 9.97. The number of hydrogen-bond donors (Lipinski definition) is 1. The van der Waals surface area contributed by atoms with Crippen LogP contribution in [0.4, 0.5) is 0 Å². The van der Waals surface area contributed by atoms with Crippen LogP contribution in [0.15, 0.2) is 41.2 Å². The molecule has 3 aromatic rings. The van der Waals surface area contributed by atoms with Gasteiger partial charge in [-0.25, -0.2) is 9.78 Å². The molecule has 5 nitrogen and oxygen atoms in total. The molecular formula is C15H10N2O3S. The number of pyridine rings is 1. The maximum atomic E-state index is 12.1. The van der Waals surface area contributed by atoms with Gasteiger partial charge in [-0.05, 0) is 30.7 Å². The van der Waals surface area contributed by atoms with E-state index in [9.17, 15) is 9.59 Å². The Kier molecular flexibility index (Phi) is 3.23. The number of aromatic nitrogens is 2. The maximum Gasteiger partial charge on any atom is 0.354 e. The van der Waals surface area contributed by atoms with Crippen LogP contribution in [0.1, 0.15) is 16.1 Å². The molecule has 0 atom stereocenters. The van der Waals surface area contributed by atoms with E-state index in [4.69, 9.17) is 5.11 Å². The van der Waals surface area contributed by atoms with Gasteiger partial charge in [0, 0.05) is 4.70 Å². The van der Waals surface area contributed by atoms with Gasteiger partial charge in [0.1, 0.15) is 16.4 Å². The Hall–Kier alpha value is -2.60. The Balaban J connectivity index is 2.26. The molecule has 2 heterocycles. The molecule has 6 heteroatoms. The van der Waals surface area contributed by atoms with Crippen molar-refractivity contribution in [3.05, 3.63) is 58.0 Å². The first kappa shape index (κ1) is 13.4. The van der Waals surface area contributed by atoms with Crippen molar-refractivity contribution in [1.29, 1.82) is 0 Å². The van der Waals surface area contributed by atoms with E-state index >= 15 is 0 Å². The molecule has 1 N–H and O–H groups in total. The number of aryl methyl sites for hydroxylation is 1. The van der Waals surface area contributed by atoms with E-state index in [0.717, 1.165) is 10.3 Å². The zero-order chi connectivity index (χ0) is 15.0. The largest absolute Gasteiger partial charge is 0.477 e. The van der Waals surface area contributed by atoms with Gasteiger partial charge in [-0.15, -0.1) is 11.3 Å². The summed E-state index contributed by atoms with van der Waals surface area (Å²) in [6.45, 7) is 1.92. The number of benzene rings is 1. The van der Waals surface area contributed by atoms with Gasteiger partial charge in [0.05, 0.1) is 5.39 Å². The molecule has 0 fully saturated rings. The van der Waals surface area contributed by atoms with Crippen LogP contribution in [0, 0.1) is 6.92 Å². The Morgan fingerprint density at radius 1 is 1.14 bits per heavy atom. The SMILES string of the molecule is Cc1cccc2c(=O)nc(-c3cccc(C(=O)O)n3)sc12. The fourth-order valence-corrected chi connectivity index (χ4v) is 3.05. The highest BCUT2D eigenvalue weighted by Gasteiger charge is 2.11. The van der Waals surface area contributed by atoms with Crippen molar-refractivity contribution < 1.29 is 9.90 Å². The summed E-state index contributed by atoms with van der Waals surface area (Å²) in [7, 11) is 0. The summed E-state index contributed by atoms with van der Waals surface area (Å²) in [6, 6.07) is 10.1. The maximum absolute atomic E-state index is 12.1. The van der Waals surface area contributed by atoms with Crippen LogP contribution in [0.3, 0.4) is 0 Å². The number of fused-ring (bicyclic) bond motifs is 1. The molecule has 21 heavy (non-hydrogen) atoms. The van der Waals surface area contributed by atoms with Crippen molar-refractivity contribution in [3.63, 3.8) is 0 Å². The van der Waals surface area contributed by atoms with E-state index in [0.29, 0.717) is 16.1 Å². The fraction of sp³-hybridized carbons (Fsp3) is 0.0667. The number of aromatic carboxylic acids is 1. The summed E-state index contributed by atoms with van der Waals surface area (Å²) in [5.74, 6) is -1.11. The minimum atomic E-state index is -1.11. The van der Waals surface area contributed by atoms with Crippen molar-refractivity contribution in [2.75, 3.05) is 0 Å². The number of rotatable bonds is 2. The zero-order valence-electron chi connectivity index (χ0n) is 11.0. The van der Waals surface area contributed by atoms with Crippen molar-refractivity contribution in [2.45, 2.75) is 6.92 Å². The second-order valence-electron chi connectivity index (χ2n) is 4.49. The Bertz CT molecular complexity index is 918. The van der Waals surface area contributed by atoms with Gasteiger partial charge in [0.15, 0.2) is 0 Å². The molecule has 0 aliphatic rings. The van der Waals surface area contributed by atoms with E-state index in [1.165, 1.54) is 17.4 Å². The highest BCUT2D eigenvalue weighted by molar-refractivity contribution is 7.21. The molecule has 0 spiro atoms. The zero-order valence-corrected chi connectivity index (χ0v) is 11.8. The van der Waals surface area contributed by atoms with Crippen molar-refractivity contribution in [2.24, 2.45) is 0 Å². The van der Waals surface area contributed by atoms with Crippen molar-refractivity contribution in [3.8, 4) is 10.7 Å². The third-order valence-corrected chi connectivity index (χ3v) is 4.27. The number of hydrogen-bond acceptors (Lipinski definition) is 5. The normalized spacial score (nSPS) is 10.7. The predicted molar refractivity (Wildman–Crippen MR) is 80.8 cm³/mol. The van der Waals surface area contributed by atoms with Crippen molar-refractivity contribution in [1.82, 2.24) is 9.97 Å². The minimum absolute atomic E-state index is 0.0705. The molecule has 3 rings (SSSR count). The van der Waals surface area contributed by atoms with E-state index in [2.05, 4.69) is 9.97 Å². The molecule has 2 aromatic heterocycles. The van der Waals surface area contributed by atoms with Crippen molar-refractivity contribution >= 4 is 27.4 Å². The van der Waals surface area contributed by atoms with E-state index in [-0.39, 0.29) is 11.3 Å². The van der Waals surface area contributed by atoms with Crippen LogP contribution in [0.2, 0.25) is 0 Å². The van der Waals surface area contributed by atoms with E-state index in [1.807, 2.05) is 19.1 Å². The predicted octanol–water partition coefficient (Wildman–Crippen LogP) is 2.73. The van der Waals surface area contributed by atoms with Gasteiger partial charge in [-0.3, -0.25) is 4.79 Å². The molecule has 0 aliphatic carbocycles. The van der Waals surface area contributed by atoms with Crippen LogP contribution in [0.5, 0.6) is 0 Å². The first-order valence-electron chi connectivity index (χ1n) is 6.17. The monoisotopic (exact) mass is 298 g/mol. The number of carboxylic acid groups (broad SMARTS) is 1. The van der Waals surface area contributed by atoms with E-state index < -0.39 is 5.97 Å². The molecule has 0 unspecified atom stereocenters. The van der Waals surface area contributed by atoms with Gasteiger partial charge in [0.2, 0.25) is 0 Å². The molecule has 0 aliphatic heterocycles. The van der Waals surface area contributed by atoms with Gasteiger partial charge < -0.3 is 5.11 Å². The second kappa shape index (κ2) is 5.06. The first-order valence-corrected chi connectivity index (χ1v) is 6.99. The molecular weight excluding hydrogens is 288 g/mol. The van der Waals surface area contributed by atoms with Crippen LogP contribution >= 0.6 is 11.3 Å². The molecule has 0 saturated heterocycles. The first-order chi connectivity index (χ1) is 10.1. The van der Waals surface area contributed by atoms with E-state index in [1.54, 1.807) is 18.2 Å². The fourth-order valence-electron chi connectivity index (χ4n) is 2.01. The molecule has 0 radical (unpaired) electrons. The summed E-state index contributed by atoms with van der Waals surface area (Å²) >= 11 is 1.33. The topological polar surface area (TPSA) is 80.2 Å². The summed E-state index contributed by atoms with van der Waals surface area (Å²) in [6.07, 6.45) is 0. The average Bonchev–Trinajstić information content (AvgIpc) is 2.48. The standard InChI is InChI=1S/C15H10N2O3S/c1-8-4-2-5-9-12(8)21-14(17-13(9)18)10-6-3-7-11(16-10)15(19)20/h2-7H,1H3,(H,19,20). The Labute approximate surface area is 123 Å². The van der Waals surface area contributed by atoms with Crippen LogP contribution in [-0.2, 0) is 0 Å². The number of carboxylic acids is 1. The Morgan fingerprint density at radius 3 is 2.67 bits per heavy atom. The third-order valence-electron chi connectivity index (χ3n) is 3.03. The lowest BCUT2D eigenvalue weighted by Gasteiger charge is -2.04. The third kappa shape index (κ3) is 2.41. The highest BCUT2D eigenvalue weighted by atomic mass is 32.1. The lowest BCUT2D eigenvalue weighted by molar-refractivity contribution is 0.0690. The lowest BCUT2D eigenvalue weighted by Crippen LogP contribution is -2.07. The quantitative estimate of drug-likeness (QED) is 0.786. The highest BCUT2D eigenvalue weighted by Crippen LogP contribution is 2.27. The molecule has 0 amide bonds. The van der Waals surface area contributed by atoms with Gasteiger partial charge >= 0.3 is 5.97 Å². The molecule has 104 valence electrons. The summed E-state index contributed by atoms with van der Waals surface area (Å²) in [4.78, 5) is 31.1. The summed E-state index contributed by atoms with van der Waals surface area (Å²) in [5.41, 5.74) is 0.971. The Morgan fingerprint density at radius 2 is 1.90 bits per heavy atom. The van der Waals surface area contributed by atoms with Crippen LogP contribution in [0.25, 0.3) is 20.8 Å². The minimum Gasteiger partial charge on any atom is -0.477 e. The van der Waals surface area contributed by atoms with Gasteiger partial charge in [0.25, 0.3) is 5.56 Å². The number of carbonyl (C=O) groups is 1. The van der Waals surface area contributed by atoms with Crippen LogP contribution < -0.4 is 5.56 Å². The molecule has 0 saturated carbocycles. The second-order valence-corrected chi connectivity index (χ2v) is 5.49. The molecule has 0 bridgehead atoms. The lowest BCUT2D eigenvalue weighted by atomic mass is 10.2. The number of nitrogens with zero attached hydrogens (tertiary/aromatic N) is 2. The molecule has 1 aromatic carbocycles. The van der Waals surface area contributed by atoms with Gasteiger partial charge in [-0.2, -0.15) is 4.98 Å².